The normalized spacial score (nSPS) is 21.1. The molecular weight excluding hydrogens is 282 g/mol. The molecule has 6 nitrogen and oxygen atoms in total. The molecule has 0 radical (unpaired) electrons. The van der Waals surface area contributed by atoms with Crippen molar-refractivity contribution in [1.29, 1.82) is 0 Å². The highest BCUT2D eigenvalue weighted by Crippen LogP contribution is 2.22. The molecule has 1 aliphatic heterocycles. The number of amides is 3. The van der Waals surface area contributed by atoms with Gasteiger partial charge in [-0.05, 0) is 42.5 Å². The number of nitrogens with zero attached hydrogens (tertiary/aromatic N) is 1. The van der Waals surface area contributed by atoms with Gasteiger partial charge in [0.15, 0.2) is 0 Å². The molecule has 2 rings (SSSR count). The molecule has 2 atom stereocenters. The standard InChI is InChI=1S/C16H23N3O3/c1-11-8-12(2)10-19(9-11)15(20)17-13-4-6-14(7-5-13)18-16(21)22-3/h4-7,11-12H,8-10H2,1-3H3,(H,17,20)(H,18,21)/t11-,12-/m1/s1. The second-order valence-electron chi connectivity index (χ2n) is 5.98. The van der Waals surface area contributed by atoms with E-state index in [1.54, 1.807) is 24.3 Å². The van der Waals surface area contributed by atoms with E-state index >= 15 is 0 Å². The van der Waals surface area contributed by atoms with Crippen molar-refractivity contribution in [3.05, 3.63) is 24.3 Å². The summed E-state index contributed by atoms with van der Waals surface area (Å²) < 4.78 is 4.52. The molecule has 1 heterocycles. The lowest BCUT2D eigenvalue weighted by Crippen LogP contribution is -2.44. The van der Waals surface area contributed by atoms with Crippen LogP contribution in [0.15, 0.2) is 24.3 Å². The van der Waals surface area contributed by atoms with Gasteiger partial charge in [-0.25, -0.2) is 9.59 Å². The van der Waals surface area contributed by atoms with Crippen molar-refractivity contribution in [2.24, 2.45) is 11.8 Å². The van der Waals surface area contributed by atoms with Crippen LogP contribution in [0.5, 0.6) is 0 Å². The van der Waals surface area contributed by atoms with Crippen LogP contribution in [0.2, 0.25) is 0 Å². The van der Waals surface area contributed by atoms with Crippen LogP contribution >= 0.6 is 0 Å². The molecule has 120 valence electrons. The summed E-state index contributed by atoms with van der Waals surface area (Å²) in [6, 6.07) is 6.86. The fourth-order valence-electron chi connectivity index (χ4n) is 2.84. The van der Waals surface area contributed by atoms with E-state index in [1.165, 1.54) is 7.11 Å². The smallest absolute Gasteiger partial charge is 0.411 e. The van der Waals surface area contributed by atoms with Crippen LogP contribution in [0.1, 0.15) is 20.3 Å². The number of carbonyl (C=O) groups is 2. The van der Waals surface area contributed by atoms with E-state index in [0.29, 0.717) is 23.2 Å². The van der Waals surface area contributed by atoms with Gasteiger partial charge in [-0.15, -0.1) is 0 Å². The molecule has 0 aromatic heterocycles. The molecule has 1 fully saturated rings. The van der Waals surface area contributed by atoms with E-state index in [4.69, 9.17) is 0 Å². The minimum atomic E-state index is -0.520. The highest BCUT2D eigenvalue weighted by molar-refractivity contribution is 5.90. The first kappa shape index (κ1) is 16.1. The summed E-state index contributed by atoms with van der Waals surface area (Å²) in [4.78, 5) is 25.3. The first-order valence-electron chi connectivity index (χ1n) is 7.49. The number of anilines is 2. The molecule has 1 aliphatic rings. The second-order valence-corrected chi connectivity index (χ2v) is 5.98. The molecule has 0 unspecified atom stereocenters. The number of urea groups is 1. The van der Waals surface area contributed by atoms with Crippen molar-refractivity contribution in [3.63, 3.8) is 0 Å². The Bertz CT molecular complexity index is 520. The van der Waals surface area contributed by atoms with Gasteiger partial charge in [-0.1, -0.05) is 13.8 Å². The van der Waals surface area contributed by atoms with Crippen molar-refractivity contribution in [1.82, 2.24) is 4.90 Å². The molecule has 2 N–H and O–H groups in total. The van der Waals surface area contributed by atoms with Crippen molar-refractivity contribution in [2.75, 3.05) is 30.8 Å². The van der Waals surface area contributed by atoms with Gasteiger partial charge < -0.3 is 15.0 Å². The molecule has 0 saturated carbocycles. The highest BCUT2D eigenvalue weighted by Gasteiger charge is 2.25. The van der Waals surface area contributed by atoms with E-state index in [-0.39, 0.29) is 6.03 Å². The Kier molecular flexibility index (Phi) is 5.25. The average molecular weight is 305 g/mol. The predicted molar refractivity (Wildman–Crippen MR) is 86.0 cm³/mol. The van der Waals surface area contributed by atoms with E-state index in [0.717, 1.165) is 19.5 Å². The third kappa shape index (κ3) is 4.38. The van der Waals surface area contributed by atoms with Gasteiger partial charge in [0.2, 0.25) is 0 Å². The number of nitrogens with one attached hydrogen (secondary N) is 2. The lowest BCUT2D eigenvalue weighted by Gasteiger charge is -2.34. The Morgan fingerprint density at radius 2 is 1.55 bits per heavy atom. The van der Waals surface area contributed by atoms with Crippen LogP contribution in [0.3, 0.4) is 0 Å². The molecule has 1 saturated heterocycles. The van der Waals surface area contributed by atoms with Gasteiger partial charge in [0.05, 0.1) is 7.11 Å². The maximum absolute atomic E-state index is 12.3. The maximum Gasteiger partial charge on any atom is 0.411 e. The summed E-state index contributed by atoms with van der Waals surface area (Å²) >= 11 is 0. The number of hydrogen-bond acceptors (Lipinski definition) is 3. The zero-order chi connectivity index (χ0) is 16.1. The summed E-state index contributed by atoms with van der Waals surface area (Å²) in [5.74, 6) is 1.06. The first-order valence-corrected chi connectivity index (χ1v) is 7.49. The van der Waals surface area contributed by atoms with Crippen LogP contribution in [-0.2, 0) is 4.74 Å². The van der Waals surface area contributed by atoms with Crippen LogP contribution in [0.25, 0.3) is 0 Å². The van der Waals surface area contributed by atoms with Crippen LogP contribution in [0, 0.1) is 11.8 Å². The van der Waals surface area contributed by atoms with E-state index < -0.39 is 6.09 Å². The van der Waals surface area contributed by atoms with E-state index in [9.17, 15) is 9.59 Å². The molecule has 0 spiro atoms. The van der Waals surface area contributed by atoms with Crippen LogP contribution in [0.4, 0.5) is 21.0 Å². The Morgan fingerprint density at radius 3 is 2.05 bits per heavy atom. The van der Waals surface area contributed by atoms with Gasteiger partial charge in [0.25, 0.3) is 0 Å². The van der Waals surface area contributed by atoms with Gasteiger partial charge in [0.1, 0.15) is 0 Å². The monoisotopic (exact) mass is 305 g/mol. The molecule has 22 heavy (non-hydrogen) atoms. The SMILES string of the molecule is COC(=O)Nc1ccc(NC(=O)N2C[C@H](C)C[C@@H](C)C2)cc1. The molecule has 0 bridgehead atoms. The van der Waals surface area contributed by atoms with Crippen LogP contribution in [-0.4, -0.2) is 37.2 Å². The largest absolute Gasteiger partial charge is 0.453 e. The zero-order valence-corrected chi connectivity index (χ0v) is 13.3. The maximum atomic E-state index is 12.3. The van der Waals surface area contributed by atoms with Gasteiger partial charge in [-0.2, -0.15) is 0 Å². The number of rotatable bonds is 2. The number of piperidine rings is 1. The van der Waals surface area contributed by atoms with E-state index in [1.807, 2.05) is 4.90 Å². The minimum absolute atomic E-state index is 0.0768. The quantitative estimate of drug-likeness (QED) is 0.880. The summed E-state index contributed by atoms with van der Waals surface area (Å²) in [6.07, 6.45) is 0.644. The fraction of sp³-hybridized carbons (Fsp3) is 0.500. The molecule has 3 amide bonds. The number of ether oxygens (including phenoxy) is 1. The predicted octanol–water partition coefficient (Wildman–Crippen LogP) is 3.37. The summed E-state index contributed by atoms with van der Waals surface area (Å²) in [6.45, 7) is 5.92. The Balaban J connectivity index is 1.92. The van der Waals surface area contributed by atoms with Crippen molar-refractivity contribution in [3.8, 4) is 0 Å². The van der Waals surface area contributed by atoms with Gasteiger partial charge >= 0.3 is 12.1 Å². The Labute approximate surface area is 130 Å². The molecular formula is C16H23N3O3. The van der Waals surface area contributed by atoms with E-state index in [2.05, 4.69) is 29.2 Å². The Hall–Kier alpha value is -2.24. The van der Waals surface area contributed by atoms with Crippen molar-refractivity contribution < 1.29 is 14.3 Å². The fourth-order valence-corrected chi connectivity index (χ4v) is 2.84. The average Bonchev–Trinajstić information content (AvgIpc) is 2.48. The minimum Gasteiger partial charge on any atom is -0.453 e. The lowest BCUT2D eigenvalue weighted by atomic mass is 9.92. The highest BCUT2D eigenvalue weighted by atomic mass is 16.5. The molecule has 1 aromatic rings. The topological polar surface area (TPSA) is 70.7 Å². The Morgan fingerprint density at radius 1 is 1.05 bits per heavy atom. The number of benzene rings is 1. The zero-order valence-electron chi connectivity index (χ0n) is 13.3. The third-order valence-corrected chi connectivity index (χ3v) is 3.72. The third-order valence-electron chi connectivity index (χ3n) is 3.72. The first-order chi connectivity index (χ1) is 10.5. The molecule has 0 aliphatic carbocycles. The molecule has 6 heteroatoms. The summed E-state index contributed by atoms with van der Waals surface area (Å²) in [5, 5.41) is 5.45. The number of hydrogen-bond donors (Lipinski definition) is 2. The van der Waals surface area contributed by atoms with Gasteiger partial charge in [-0.3, -0.25) is 5.32 Å². The van der Waals surface area contributed by atoms with Crippen LogP contribution < -0.4 is 10.6 Å². The number of likely N-dealkylation sites (tertiary alicyclic amines) is 1. The summed E-state index contributed by atoms with van der Waals surface area (Å²) in [7, 11) is 1.31. The number of carbonyl (C=O) groups excluding carboxylic acids is 2. The second kappa shape index (κ2) is 7.15. The van der Waals surface area contributed by atoms with Gasteiger partial charge in [0, 0.05) is 24.5 Å². The molecule has 1 aromatic carbocycles. The lowest BCUT2D eigenvalue weighted by molar-refractivity contribution is 0.156. The number of methoxy groups -OCH3 is 1. The summed E-state index contributed by atoms with van der Waals surface area (Å²) in [5.41, 5.74) is 1.32. The van der Waals surface area contributed by atoms with Crippen molar-refractivity contribution in [2.45, 2.75) is 20.3 Å². The van der Waals surface area contributed by atoms with Crippen molar-refractivity contribution >= 4 is 23.5 Å².